The molecule has 146 valence electrons. The van der Waals surface area contributed by atoms with Gasteiger partial charge in [-0.2, -0.15) is 0 Å². The van der Waals surface area contributed by atoms with Crippen LogP contribution in [0.5, 0.6) is 0 Å². The number of anilines is 2. The highest BCUT2D eigenvalue weighted by molar-refractivity contribution is 7.99. The van der Waals surface area contributed by atoms with Crippen LogP contribution < -0.4 is 11.1 Å². The molecule has 0 unspecified atom stereocenters. The second-order valence-electron chi connectivity index (χ2n) is 5.31. The van der Waals surface area contributed by atoms with E-state index in [0.717, 1.165) is 29.3 Å². The van der Waals surface area contributed by atoms with E-state index in [1.54, 1.807) is 0 Å². The molecule has 2 heterocycles. The average molecular weight is 459 g/mol. The molecule has 0 fully saturated rings. The maximum atomic E-state index is 12.9. The topological polar surface area (TPSA) is 115 Å². The second kappa shape index (κ2) is 8.43. The van der Waals surface area contributed by atoms with E-state index < -0.39 is 15.7 Å². The third-order valence-electron chi connectivity index (χ3n) is 3.32. The van der Waals surface area contributed by atoms with Gasteiger partial charge in [0.05, 0.1) is 16.3 Å². The van der Waals surface area contributed by atoms with Crippen molar-refractivity contribution in [3.63, 3.8) is 0 Å². The monoisotopic (exact) mass is 458 g/mol. The van der Waals surface area contributed by atoms with Crippen LogP contribution in [0.1, 0.15) is 0 Å². The first-order valence-electron chi connectivity index (χ1n) is 7.57. The molecular weight excluding hydrogens is 447 g/mol. The minimum atomic E-state index is -3.88. The number of sulfone groups is 1. The zero-order valence-corrected chi connectivity index (χ0v) is 17.1. The molecule has 1 amide bonds. The molecule has 12 heteroatoms. The summed E-state index contributed by atoms with van der Waals surface area (Å²) in [5.74, 6) is -1.02. The molecule has 1 aromatic carbocycles. The minimum Gasteiger partial charge on any atom is -0.382 e. The molecule has 7 nitrogen and oxygen atoms in total. The zero-order chi connectivity index (χ0) is 20.3. The smallest absolute Gasteiger partial charge is 0.234 e. The summed E-state index contributed by atoms with van der Waals surface area (Å²) in [7, 11) is -3.88. The van der Waals surface area contributed by atoms with Gasteiger partial charge < -0.3 is 11.1 Å². The van der Waals surface area contributed by atoms with Gasteiger partial charge >= 0.3 is 0 Å². The maximum Gasteiger partial charge on any atom is 0.234 e. The van der Waals surface area contributed by atoms with Crippen molar-refractivity contribution in [2.75, 3.05) is 16.8 Å². The van der Waals surface area contributed by atoms with Gasteiger partial charge in [-0.15, -0.1) is 11.3 Å². The molecule has 28 heavy (non-hydrogen) atoms. The summed E-state index contributed by atoms with van der Waals surface area (Å²) in [6, 6.07) is 8.18. The van der Waals surface area contributed by atoms with Gasteiger partial charge in [0.15, 0.2) is 5.16 Å². The summed E-state index contributed by atoms with van der Waals surface area (Å²) in [6.07, 6.45) is 1.10. The number of amides is 1. The summed E-state index contributed by atoms with van der Waals surface area (Å²) in [4.78, 5) is 19.6. The number of carbonyl (C=O) groups is 1. The van der Waals surface area contributed by atoms with Crippen LogP contribution in [-0.2, 0) is 14.6 Å². The van der Waals surface area contributed by atoms with Gasteiger partial charge in [0.1, 0.15) is 20.7 Å². The number of rotatable bonds is 6. The van der Waals surface area contributed by atoms with Crippen molar-refractivity contribution in [1.82, 2.24) is 9.97 Å². The van der Waals surface area contributed by atoms with E-state index in [4.69, 9.17) is 17.3 Å². The number of nitrogens with one attached hydrogen (secondary N) is 1. The van der Waals surface area contributed by atoms with Crippen LogP contribution in [0.4, 0.5) is 15.9 Å². The summed E-state index contributed by atoms with van der Waals surface area (Å²) < 4.78 is 38.4. The number of halogens is 2. The Labute approximate surface area is 173 Å². The van der Waals surface area contributed by atoms with Crippen molar-refractivity contribution in [3.8, 4) is 0 Å². The number of nitrogens with two attached hydrogens (primary N) is 1. The number of hydrogen-bond donors (Lipinski definition) is 2. The SMILES string of the molecule is Nc1nc(SCC(=O)Nc2ccc(F)cc2)ncc1S(=O)(=O)c1ccc(Cl)s1. The standard InChI is InChI=1S/C16H12ClFN4O3S3/c17-12-5-6-14(27-12)28(24,25)11-7-20-16(22-15(11)19)26-8-13(23)21-10-3-1-9(18)2-4-10/h1-7H,8H2,(H,21,23)(H2,19,20,22). The van der Waals surface area contributed by atoms with Gasteiger partial charge in [-0.3, -0.25) is 4.79 Å². The largest absolute Gasteiger partial charge is 0.382 e. The Bertz CT molecular complexity index is 1120. The zero-order valence-electron chi connectivity index (χ0n) is 13.9. The quantitative estimate of drug-likeness (QED) is 0.429. The normalized spacial score (nSPS) is 11.4. The molecule has 3 rings (SSSR count). The first-order valence-corrected chi connectivity index (χ1v) is 11.2. The van der Waals surface area contributed by atoms with E-state index in [1.165, 1.54) is 36.4 Å². The van der Waals surface area contributed by atoms with E-state index >= 15 is 0 Å². The Morgan fingerprint density at radius 2 is 1.96 bits per heavy atom. The second-order valence-corrected chi connectivity index (χ2v) is 10.1. The van der Waals surface area contributed by atoms with Gasteiger partial charge in [-0.25, -0.2) is 22.8 Å². The van der Waals surface area contributed by atoms with Crippen molar-refractivity contribution in [3.05, 3.63) is 52.7 Å². The predicted octanol–water partition coefficient (Wildman–Crippen LogP) is 3.48. The van der Waals surface area contributed by atoms with E-state index in [0.29, 0.717) is 10.0 Å². The van der Waals surface area contributed by atoms with Gasteiger partial charge in [-0.1, -0.05) is 23.4 Å². The molecule has 0 bridgehead atoms. The number of thiophene rings is 1. The summed E-state index contributed by atoms with van der Waals surface area (Å²) >= 11 is 7.67. The molecule has 0 saturated carbocycles. The van der Waals surface area contributed by atoms with Crippen LogP contribution in [0.25, 0.3) is 0 Å². The molecule has 3 aromatic rings. The molecule has 0 spiro atoms. The van der Waals surface area contributed by atoms with Crippen molar-refractivity contribution < 1.29 is 17.6 Å². The molecule has 0 atom stereocenters. The average Bonchev–Trinajstić information content (AvgIpc) is 3.09. The Hall–Kier alpha value is -2.21. The Morgan fingerprint density at radius 3 is 2.57 bits per heavy atom. The van der Waals surface area contributed by atoms with Crippen LogP contribution in [0, 0.1) is 5.82 Å². The number of carbonyl (C=O) groups excluding carboxylic acids is 1. The Balaban J connectivity index is 1.67. The lowest BCUT2D eigenvalue weighted by Crippen LogP contribution is -2.14. The highest BCUT2D eigenvalue weighted by Crippen LogP contribution is 2.32. The molecule has 0 aliphatic heterocycles. The highest BCUT2D eigenvalue weighted by atomic mass is 35.5. The summed E-state index contributed by atoms with van der Waals surface area (Å²) in [6.45, 7) is 0. The summed E-state index contributed by atoms with van der Waals surface area (Å²) in [5.41, 5.74) is 6.24. The summed E-state index contributed by atoms with van der Waals surface area (Å²) in [5, 5.41) is 2.74. The van der Waals surface area contributed by atoms with Crippen LogP contribution in [0.15, 0.2) is 56.9 Å². The maximum absolute atomic E-state index is 12.9. The lowest BCUT2D eigenvalue weighted by atomic mass is 10.3. The third-order valence-corrected chi connectivity index (χ3v) is 7.68. The highest BCUT2D eigenvalue weighted by Gasteiger charge is 2.24. The Kier molecular flexibility index (Phi) is 6.18. The fourth-order valence-corrected chi connectivity index (χ4v) is 5.54. The molecule has 0 aliphatic carbocycles. The predicted molar refractivity (Wildman–Crippen MR) is 107 cm³/mol. The number of hydrogen-bond acceptors (Lipinski definition) is 8. The van der Waals surface area contributed by atoms with Gasteiger partial charge in [0.2, 0.25) is 15.7 Å². The van der Waals surface area contributed by atoms with E-state index in [2.05, 4.69) is 15.3 Å². The molecule has 2 aromatic heterocycles. The van der Waals surface area contributed by atoms with E-state index in [1.807, 2.05) is 0 Å². The minimum absolute atomic E-state index is 0.0341. The number of nitrogens with zero attached hydrogens (tertiary/aromatic N) is 2. The van der Waals surface area contributed by atoms with Crippen LogP contribution >= 0.6 is 34.7 Å². The number of aromatic nitrogens is 2. The van der Waals surface area contributed by atoms with Crippen molar-refractivity contribution in [2.45, 2.75) is 14.3 Å². The fourth-order valence-electron chi connectivity index (χ4n) is 2.05. The molecule has 3 N–H and O–H groups in total. The molecule has 0 radical (unpaired) electrons. The van der Waals surface area contributed by atoms with Crippen LogP contribution in [-0.4, -0.2) is 30.0 Å². The molecule has 0 aliphatic rings. The Morgan fingerprint density at radius 1 is 1.25 bits per heavy atom. The molecule has 0 saturated heterocycles. The van der Waals surface area contributed by atoms with Gasteiger partial charge in [0, 0.05) is 5.69 Å². The van der Waals surface area contributed by atoms with E-state index in [9.17, 15) is 17.6 Å². The van der Waals surface area contributed by atoms with Crippen LogP contribution in [0.3, 0.4) is 0 Å². The van der Waals surface area contributed by atoms with Gasteiger partial charge in [0.25, 0.3) is 0 Å². The number of thioether (sulfide) groups is 1. The van der Waals surface area contributed by atoms with Crippen LogP contribution in [0.2, 0.25) is 4.34 Å². The van der Waals surface area contributed by atoms with Crippen molar-refractivity contribution >= 4 is 61.9 Å². The lowest BCUT2D eigenvalue weighted by molar-refractivity contribution is -0.113. The van der Waals surface area contributed by atoms with E-state index in [-0.39, 0.29) is 31.7 Å². The lowest BCUT2D eigenvalue weighted by Gasteiger charge is -2.07. The third kappa shape index (κ3) is 4.79. The molecular formula is C16H12ClFN4O3S3. The fraction of sp³-hybridized carbons (Fsp3) is 0.0625. The first kappa shape index (κ1) is 20.5. The van der Waals surface area contributed by atoms with Gasteiger partial charge in [-0.05, 0) is 36.4 Å². The number of benzene rings is 1. The number of nitrogen functional groups attached to an aromatic ring is 1. The van der Waals surface area contributed by atoms with Crippen molar-refractivity contribution in [1.29, 1.82) is 0 Å². The van der Waals surface area contributed by atoms with Crippen molar-refractivity contribution in [2.24, 2.45) is 0 Å². The first-order chi connectivity index (χ1) is 13.3.